The number of fused-ring (bicyclic) bond motifs is 2. The topological polar surface area (TPSA) is 101 Å². The Morgan fingerprint density at radius 1 is 1.12 bits per heavy atom. The van der Waals surface area contributed by atoms with Gasteiger partial charge in [-0.1, -0.05) is 0 Å². The van der Waals surface area contributed by atoms with Crippen molar-refractivity contribution in [3.05, 3.63) is 41.4 Å². The van der Waals surface area contributed by atoms with E-state index in [-0.39, 0.29) is 24.7 Å². The van der Waals surface area contributed by atoms with E-state index in [9.17, 15) is 22.3 Å². The number of halogens is 2. The van der Waals surface area contributed by atoms with Gasteiger partial charge in [-0.2, -0.15) is 4.31 Å². The van der Waals surface area contributed by atoms with Crippen molar-refractivity contribution < 1.29 is 22.3 Å². The molecule has 138 valence electrons. The lowest BCUT2D eigenvalue weighted by atomic mass is 10.2. The summed E-state index contributed by atoms with van der Waals surface area (Å²) >= 11 is 0. The second-order valence-electron chi connectivity index (χ2n) is 6.35. The molecule has 0 aliphatic carbocycles. The average molecular weight is 382 g/mol. The van der Waals surface area contributed by atoms with Gasteiger partial charge in [0.15, 0.2) is 0 Å². The summed E-state index contributed by atoms with van der Waals surface area (Å²) in [4.78, 5) is 1.10. The number of nitrogens with zero attached hydrogens (tertiary/aromatic N) is 5. The molecule has 1 aromatic rings. The van der Waals surface area contributed by atoms with E-state index >= 15 is 0 Å². The fourth-order valence-corrected chi connectivity index (χ4v) is 5.56. The summed E-state index contributed by atoms with van der Waals surface area (Å²) in [5, 5.41) is 22.9. The van der Waals surface area contributed by atoms with Crippen LogP contribution in [-0.4, -0.2) is 49.0 Å². The van der Waals surface area contributed by atoms with E-state index in [1.54, 1.807) is 0 Å². The van der Waals surface area contributed by atoms with Crippen LogP contribution >= 0.6 is 0 Å². The van der Waals surface area contributed by atoms with Crippen LogP contribution in [0.15, 0.2) is 50.1 Å². The van der Waals surface area contributed by atoms with E-state index in [2.05, 4.69) is 15.4 Å². The summed E-state index contributed by atoms with van der Waals surface area (Å²) in [7, 11) is -4.07. The quantitative estimate of drug-likeness (QED) is 0.721. The van der Waals surface area contributed by atoms with Gasteiger partial charge in [0.25, 0.3) is 0 Å². The fraction of sp³-hybridized carbons (Fsp3) is 0.400. The molecule has 2 unspecified atom stereocenters. The molecule has 0 radical (unpaired) electrons. The zero-order chi connectivity index (χ0) is 18.5. The van der Waals surface area contributed by atoms with Crippen molar-refractivity contribution in [1.82, 2.24) is 9.21 Å². The standard InChI is InChI=1S/C15H15F2N5O3S/c16-9-3-10(17)5-13(4-9)26(24,25)22-11-1-2-12(22)8-21(7-11)15(23)14-6-18-20-19-14/h3-6,11-12,23H,1-2,7-8H2/p-1/b15-14+. The zero-order valence-corrected chi connectivity index (χ0v) is 14.2. The van der Waals surface area contributed by atoms with Crippen molar-refractivity contribution in [2.24, 2.45) is 15.4 Å². The van der Waals surface area contributed by atoms with E-state index in [0.717, 1.165) is 12.1 Å². The van der Waals surface area contributed by atoms with Crippen LogP contribution in [0.4, 0.5) is 8.78 Å². The van der Waals surface area contributed by atoms with Gasteiger partial charge < -0.3 is 10.0 Å². The van der Waals surface area contributed by atoms with Crippen LogP contribution in [-0.2, 0) is 10.0 Å². The lowest BCUT2D eigenvalue weighted by Gasteiger charge is -2.43. The molecular weight excluding hydrogens is 368 g/mol. The molecule has 2 atom stereocenters. The summed E-state index contributed by atoms with van der Waals surface area (Å²) < 4.78 is 54.0. The van der Waals surface area contributed by atoms with Gasteiger partial charge >= 0.3 is 0 Å². The SMILES string of the molecule is O=S(=O)(c1cc(F)cc(F)c1)N1C2CCC1CN(/C([O-])=C1/C=NN=N1)C2. The van der Waals surface area contributed by atoms with E-state index in [0.29, 0.717) is 18.9 Å². The minimum absolute atomic E-state index is 0.105. The van der Waals surface area contributed by atoms with Crippen molar-refractivity contribution in [2.75, 3.05) is 13.1 Å². The van der Waals surface area contributed by atoms with Crippen LogP contribution in [0.3, 0.4) is 0 Å². The predicted molar refractivity (Wildman–Crippen MR) is 84.1 cm³/mol. The molecule has 0 spiro atoms. The van der Waals surface area contributed by atoms with Crippen LogP contribution in [0, 0.1) is 11.6 Å². The van der Waals surface area contributed by atoms with E-state index < -0.39 is 38.6 Å². The van der Waals surface area contributed by atoms with Crippen molar-refractivity contribution in [2.45, 2.75) is 29.8 Å². The van der Waals surface area contributed by atoms with Crippen molar-refractivity contribution >= 4 is 16.2 Å². The Labute approximate surface area is 148 Å². The molecule has 0 saturated carbocycles. The molecule has 3 aliphatic heterocycles. The fourth-order valence-electron chi connectivity index (χ4n) is 3.66. The van der Waals surface area contributed by atoms with Crippen molar-refractivity contribution in [3.63, 3.8) is 0 Å². The molecule has 2 bridgehead atoms. The second kappa shape index (κ2) is 6.09. The molecule has 3 heterocycles. The smallest absolute Gasteiger partial charge is 0.243 e. The van der Waals surface area contributed by atoms with Gasteiger partial charge in [-0.15, -0.1) is 10.2 Å². The predicted octanol–water partition coefficient (Wildman–Crippen LogP) is 0.783. The molecule has 0 aromatic heterocycles. The summed E-state index contributed by atoms with van der Waals surface area (Å²) in [6, 6.07) is 1.33. The van der Waals surface area contributed by atoms with Gasteiger partial charge in [0, 0.05) is 31.2 Å². The molecule has 8 nitrogen and oxygen atoms in total. The maximum atomic E-state index is 13.5. The van der Waals surface area contributed by atoms with Crippen molar-refractivity contribution in [3.8, 4) is 0 Å². The first-order valence-corrected chi connectivity index (χ1v) is 9.40. The zero-order valence-electron chi connectivity index (χ0n) is 13.4. The first-order chi connectivity index (χ1) is 12.4. The highest BCUT2D eigenvalue weighted by Crippen LogP contribution is 2.36. The Balaban J connectivity index is 1.63. The Morgan fingerprint density at radius 2 is 1.73 bits per heavy atom. The Morgan fingerprint density at radius 3 is 2.27 bits per heavy atom. The maximum absolute atomic E-state index is 13.5. The molecule has 4 rings (SSSR count). The first kappa shape index (κ1) is 17.0. The third-order valence-electron chi connectivity index (χ3n) is 4.72. The molecule has 11 heteroatoms. The van der Waals surface area contributed by atoms with Gasteiger partial charge in [0.05, 0.1) is 11.1 Å². The number of hydrogen-bond acceptors (Lipinski definition) is 7. The molecule has 26 heavy (non-hydrogen) atoms. The highest BCUT2D eigenvalue weighted by Gasteiger charge is 2.46. The molecule has 0 amide bonds. The average Bonchev–Trinajstić information content (AvgIpc) is 3.20. The van der Waals surface area contributed by atoms with Gasteiger partial charge in [0.2, 0.25) is 10.0 Å². The minimum Gasteiger partial charge on any atom is -0.859 e. The van der Waals surface area contributed by atoms with Crippen LogP contribution in [0.2, 0.25) is 0 Å². The number of hydrogen-bond donors (Lipinski definition) is 0. The molecule has 0 N–H and O–H groups in total. The Kier molecular flexibility index (Phi) is 3.99. The maximum Gasteiger partial charge on any atom is 0.243 e. The second-order valence-corrected chi connectivity index (χ2v) is 8.20. The number of piperazine rings is 1. The van der Waals surface area contributed by atoms with Crippen LogP contribution in [0.1, 0.15) is 12.8 Å². The van der Waals surface area contributed by atoms with E-state index in [4.69, 9.17) is 0 Å². The van der Waals surface area contributed by atoms with E-state index in [1.807, 2.05) is 0 Å². The molecule has 3 aliphatic rings. The van der Waals surface area contributed by atoms with Gasteiger partial charge in [-0.3, -0.25) is 0 Å². The minimum atomic E-state index is -4.07. The van der Waals surface area contributed by atoms with Crippen LogP contribution in [0.5, 0.6) is 0 Å². The Hall–Kier alpha value is -2.40. The number of sulfonamides is 1. The molecule has 1 aromatic carbocycles. The molecule has 2 saturated heterocycles. The largest absolute Gasteiger partial charge is 0.859 e. The lowest BCUT2D eigenvalue weighted by Crippen LogP contribution is -2.56. The van der Waals surface area contributed by atoms with Gasteiger partial charge in [-0.05, 0) is 36.1 Å². The monoisotopic (exact) mass is 382 g/mol. The van der Waals surface area contributed by atoms with Crippen molar-refractivity contribution in [1.29, 1.82) is 0 Å². The summed E-state index contributed by atoms with van der Waals surface area (Å²) in [5.74, 6) is -2.26. The first-order valence-electron chi connectivity index (χ1n) is 7.96. The van der Waals surface area contributed by atoms with Crippen LogP contribution < -0.4 is 5.11 Å². The number of allylic oxidation sites excluding steroid dienone is 1. The number of benzene rings is 1. The number of rotatable bonds is 3. The Bertz CT molecular complexity index is 898. The highest BCUT2D eigenvalue weighted by molar-refractivity contribution is 7.89. The van der Waals surface area contributed by atoms with E-state index in [1.165, 1.54) is 15.4 Å². The lowest BCUT2D eigenvalue weighted by molar-refractivity contribution is -0.336. The van der Waals surface area contributed by atoms with Gasteiger partial charge in [-0.25, -0.2) is 17.2 Å². The summed E-state index contributed by atoms with van der Waals surface area (Å²) in [5.41, 5.74) is 0.105. The third kappa shape index (κ3) is 2.76. The molecule has 2 fully saturated rings. The van der Waals surface area contributed by atoms with Gasteiger partial charge in [0.1, 0.15) is 17.3 Å². The number of likely N-dealkylation sites (tertiary alicyclic amines) is 1. The summed E-state index contributed by atoms with van der Waals surface area (Å²) in [6.45, 7) is 0.360. The normalized spacial score (nSPS) is 27.4. The molecular formula is C15H14F2N5O3S-. The summed E-state index contributed by atoms with van der Waals surface area (Å²) in [6.07, 6.45) is 2.38. The van der Waals surface area contributed by atoms with Crippen LogP contribution in [0.25, 0.3) is 0 Å². The third-order valence-corrected chi connectivity index (χ3v) is 6.70. The highest BCUT2D eigenvalue weighted by atomic mass is 32.2.